The number of hydrogen-bond donors (Lipinski definition) is 9. The summed E-state index contributed by atoms with van der Waals surface area (Å²) in [6, 6.07) is -0.944. The number of nitrogens with one attached hydrogen (secondary N) is 1. The molecule has 0 aromatic carbocycles. The van der Waals surface area contributed by atoms with Gasteiger partial charge in [0.05, 0.1) is 32.0 Å². The normalized spacial score (nSPS) is 24.3. The maximum absolute atomic E-state index is 13.3. The molecule has 14 heteroatoms. The molecule has 9 N–H and O–H groups in total. The molecule has 1 amide bonds. The smallest absolute Gasteiger partial charge is 0.220 e. The molecular formula is C70H121NO13. The van der Waals surface area contributed by atoms with Crippen molar-refractivity contribution in [2.24, 2.45) is 0 Å². The summed E-state index contributed by atoms with van der Waals surface area (Å²) in [5, 5.41) is 87.3. The first kappa shape index (κ1) is 77.0. The SMILES string of the molecule is CC/C=C\C/C=C\C/C=C\C/C=C\C/C=C\CCCCCCCCCCCCCCCCCC(=O)NC(COC1OC(CO)C(OC2OC(CO)C(O)C(O)C2O)C(O)C1O)C(O)/C=C/CC/C=C/CC/C=C/CCCCCCCCCCC. The summed E-state index contributed by atoms with van der Waals surface area (Å²) in [5.74, 6) is -0.256. The molecule has 14 nitrogen and oxygen atoms in total. The van der Waals surface area contributed by atoms with E-state index in [1.54, 1.807) is 6.08 Å². The average Bonchev–Trinajstić information content (AvgIpc) is 3.18. The first-order valence-electron chi connectivity index (χ1n) is 33.5. The Bertz CT molecular complexity index is 1780. The highest BCUT2D eigenvalue weighted by atomic mass is 16.7. The van der Waals surface area contributed by atoms with E-state index in [-0.39, 0.29) is 18.9 Å². The van der Waals surface area contributed by atoms with E-state index in [2.05, 4.69) is 104 Å². The first-order valence-corrected chi connectivity index (χ1v) is 33.5. The van der Waals surface area contributed by atoms with Crippen LogP contribution in [0.25, 0.3) is 0 Å². The minimum Gasteiger partial charge on any atom is -0.394 e. The van der Waals surface area contributed by atoms with E-state index in [9.17, 15) is 45.6 Å². The van der Waals surface area contributed by atoms with Gasteiger partial charge in [0, 0.05) is 6.42 Å². The van der Waals surface area contributed by atoms with Crippen LogP contribution in [-0.2, 0) is 23.7 Å². The molecule has 12 unspecified atom stereocenters. The molecule has 0 aromatic rings. The molecule has 12 atom stereocenters. The van der Waals surface area contributed by atoms with Gasteiger partial charge in [0.25, 0.3) is 0 Å². The van der Waals surface area contributed by atoms with Crippen molar-refractivity contribution in [3.63, 3.8) is 0 Å². The molecule has 84 heavy (non-hydrogen) atoms. The van der Waals surface area contributed by atoms with E-state index in [0.29, 0.717) is 12.8 Å². The van der Waals surface area contributed by atoms with Crippen molar-refractivity contribution in [1.82, 2.24) is 5.32 Å². The van der Waals surface area contributed by atoms with Crippen molar-refractivity contribution in [2.75, 3.05) is 19.8 Å². The first-order chi connectivity index (χ1) is 41.1. The number of aliphatic hydroxyl groups excluding tert-OH is 8. The van der Waals surface area contributed by atoms with Gasteiger partial charge in [-0.3, -0.25) is 4.79 Å². The summed E-state index contributed by atoms with van der Waals surface area (Å²) in [6.07, 6.45) is 58.8. The molecule has 2 fully saturated rings. The third kappa shape index (κ3) is 38.2. The number of unbranched alkanes of at least 4 members (excludes halogenated alkanes) is 26. The van der Waals surface area contributed by atoms with E-state index in [4.69, 9.17) is 18.9 Å². The lowest BCUT2D eigenvalue weighted by atomic mass is 9.97. The Morgan fingerprint density at radius 2 is 0.833 bits per heavy atom. The van der Waals surface area contributed by atoms with Crippen molar-refractivity contribution in [3.8, 4) is 0 Å². The Hall–Kier alpha value is -3.09. The van der Waals surface area contributed by atoms with Gasteiger partial charge in [-0.05, 0) is 89.9 Å². The lowest BCUT2D eigenvalue weighted by Gasteiger charge is -2.46. The monoisotopic (exact) mass is 1180 g/mol. The van der Waals surface area contributed by atoms with Gasteiger partial charge in [0.15, 0.2) is 12.6 Å². The third-order valence-electron chi connectivity index (χ3n) is 15.7. The van der Waals surface area contributed by atoms with Crippen LogP contribution in [0.1, 0.15) is 245 Å². The molecule has 2 aliphatic heterocycles. The topological polar surface area (TPSA) is 228 Å². The minimum absolute atomic E-state index is 0.256. The highest BCUT2D eigenvalue weighted by Crippen LogP contribution is 2.30. The lowest BCUT2D eigenvalue weighted by molar-refractivity contribution is -0.359. The predicted octanol–water partition coefficient (Wildman–Crippen LogP) is 13.0. The number of amides is 1. The van der Waals surface area contributed by atoms with Gasteiger partial charge in [-0.15, -0.1) is 0 Å². The molecule has 0 spiro atoms. The van der Waals surface area contributed by atoms with Crippen molar-refractivity contribution in [2.45, 2.75) is 319 Å². The van der Waals surface area contributed by atoms with Crippen LogP contribution < -0.4 is 5.32 Å². The zero-order chi connectivity index (χ0) is 60.9. The van der Waals surface area contributed by atoms with Crippen molar-refractivity contribution >= 4 is 5.91 Å². The molecule has 0 saturated carbocycles. The number of rotatable bonds is 53. The fourth-order valence-electron chi connectivity index (χ4n) is 10.4. The summed E-state index contributed by atoms with van der Waals surface area (Å²) >= 11 is 0. The van der Waals surface area contributed by atoms with E-state index >= 15 is 0 Å². The van der Waals surface area contributed by atoms with E-state index in [1.165, 1.54) is 135 Å². The Kier molecular flexibility index (Phi) is 49.6. The summed E-state index contributed by atoms with van der Waals surface area (Å²) in [6.45, 7) is 2.66. The highest BCUT2D eigenvalue weighted by Gasteiger charge is 2.51. The summed E-state index contributed by atoms with van der Waals surface area (Å²) in [7, 11) is 0. The van der Waals surface area contributed by atoms with Crippen LogP contribution in [0.4, 0.5) is 0 Å². The maximum atomic E-state index is 13.3. The van der Waals surface area contributed by atoms with Gasteiger partial charge in [0.2, 0.25) is 5.91 Å². The Balaban J connectivity index is 1.70. The zero-order valence-corrected chi connectivity index (χ0v) is 52.4. The van der Waals surface area contributed by atoms with E-state index < -0.39 is 86.8 Å². The second-order valence-corrected chi connectivity index (χ2v) is 23.2. The van der Waals surface area contributed by atoms with Gasteiger partial charge in [-0.25, -0.2) is 0 Å². The number of allylic oxidation sites excluding steroid dienone is 15. The quantitative estimate of drug-likeness (QED) is 0.0204. The van der Waals surface area contributed by atoms with Crippen molar-refractivity contribution in [1.29, 1.82) is 0 Å². The Morgan fingerprint density at radius 3 is 1.31 bits per heavy atom. The third-order valence-corrected chi connectivity index (χ3v) is 15.7. The molecule has 0 aliphatic carbocycles. The highest BCUT2D eigenvalue weighted by molar-refractivity contribution is 5.76. The number of carbonyl (C=O) groups excluding carboxylic acids is 1. The molecule has 0 bridgehead atoms. The Labute approximate surface area is 509 Å². The number of hydrogen-bond acceptors (Lipinski definition) is 13. The van der Waals surface area contributed by atoms with Crippen LogP contribution in [0, 0.1) is 0 Å². The largest absolute Gasteiger partial charge is 0.394 e. The predicted molar refractivity (Wildman–Crippen MR) is 341 cm³/mol. The van der Waals surface area contributed by atoms with Gasteiger partial charge in [-0.2, -0.15) is 0 Å². The molecule has 2 rings (SSSR count). The van der Waals surface area contributed by atoms with Crippen molar-refractivity contribution < 1.29 is 64.6 Å². The van der Waals surface area contributed by atoms with E-state index in [1.807, 2.05) is 6.08 Å². The summed E-state index contributed by atoms with van der Waals surface area (Å²) in [4.78, 5) is 13.3. The van der Waals surface area contributed by atoms with Crippen LogP contribution in [0.3, 0.4) is 0 Å². The molecule has 0 radical (unpaired) electrons. The molecule has 484 valence electrons. The van der Waals surface area contributed by atoms with Gasteiger partial charge in [-0.1, -0.05) is 246 Å². The molecule has 2 aliphatic rings. The molecular weight excluding hydrogens is 1060 g/mol. The number of carbonyl (C=O) groups is 1. The zero-order valence-electron chi connectivity index (χ0n) is 52.4. The van der Waals surface area contributed by atoms with Crippen LogP contribution in [0.5, 0.6) is 0 Å². The molecule has 2 heterocycles. The summed E-state index contributed by atoms with van der Waals surface area (Å²) in [5.41, 5.74) is 0. The van der Waals surface area contributed by atoms with E-state index in [0.717, 1.165) is 77.0 Å². The fourth-order valence-corrected chi connectivity index (χ4v) is 10.4. The standard InChI is InChI=1S/C70H121NO13/c1-3-5-7-9-11-13-15-17-19-21-23-24-25-26-27-28-29-30-31-32-33-34-36-38-40-42-44-46-48-50-52-54-62(75)71-58(59(74)53-51-49-47-45-43-41-39-37-35-22-20-18-16-14-12-10-8-6-4-2)57-81-69-67(80)65(78)68(61(56-73)83-69)84-70-66(79)64(77)63(76)60(55-72)82-70/h5,7,11,13,17,19,23-24,26-27,35,37,43,45,51,53,58-61,63-70,72-74,76-80H,3-4,6,8-10,12,14-16,18,20-22,25,28-34,36,38-42,44,46-50,52,54-57H2,1-2H3,(H,71,75)/b7-5-,13-11-,19-17-,24-23-,27-26-,37-35+,45-43+,53-51+. The van der Waals surface area contributed by atoms with Gasteiger partial charge < -0.3 is 65.1 Å². The number of ether oxygens (including phenoxy) is 4. The van der Waals surface area contributed by atoms with Gasteiger partial charge in [0.1, 0.15) is 48.8 Å². The fraction of sp³-hybridized carbons (Fsp3) is 0.757. The van der Waals surface area contributed by atoms with Gasteiger partial charge >= 0.3 is 0 Å². The Morgan fingerprint density at radius 1 is 0.440 bits per heavy atom. The van der Waals surface area contributed by atoms with Crippen molar-refractivity contribution in [3.05, 3.63) is 97.2 Å². The minimum atomic E-state index is -1.80. The van der Waals surface area contributed by atoms with Crippen LogP contribution in [-0.4, -0.2) is 140 Å². The van der Waals surface area contributed by atoms with Crippen LogP contribution in [0.2, 0.25) is 0 Å². The maximum Gasteiger partial charge on any atom is 0.220 e. The lowest BCUT2D eigenvalue weighted by Crippen LogP contribution is -2.65. The van der Waals surface area contributed by atoms with Crippen LogP contribution >= 0.6 is 0 Å². The molecule has 2 saturated heterocycles. The summed E-state index contributed by atoms with van der Waals surface area (Å²) < 4.78 is 22.8. The number of aliphatic hydroxyl groups is 8. The van der Waals surface area contributed by atoms with Crippen LogP contribution in [0.15, 0.2) is 97.2 Å². The average molecular weight is 1180 g/mol. The molecule has 0 aromatic heterocycles. The second kappa shape index (κ2) is 54.1. The second-order valence-electron chi connectivity index (χ2n) is 23.2.